The van der Waals surface area contributed by atoms with E-state index in [1.165, 1.54) is 0 Å². The number of benzene rings is 4. The molecule has 0 bridgehead atoms. The van der Waals surface area contributed by atoms with Gasteiger partial charge in [0, 0.05) is 17.3 Å². The summed E-state index contributed by atoms with van der Waals surface area (Å²) in [6, 6.07) is 31.1. The van der Waals surface area contributed by atoms with Gasteiger partial charge in [-0.1, -0.05) is 48.5 Å². The number of amides is 1. The van der Waals surface area contributed by atoms with Crippen molar-refractivity contribution in [1.29, 1.82) is 0 Å². The Morgan fingerprint density at radius 3 is 2.41 bits per heavy atom. The lowest BCUT2D eigenvalue weighted by atomic mass is 10.0. The Hall–Kier alpha value is -5.83. The average Bonchev–Trinajstić information content (AvgIpc) is 3.45. The highest BCUT2D eigenvalue weighted by atomic mass is 16.5. The first-order valence-corrected chi connectivity index (χ1v) is 12.8. The van der Waals surface area contributed by atoms with Crippen molar-refractivity contribution < 1.29 is 14.6 Å². The summed E-state index contributed by atoms with van der Waals surface area (Å²) in [6.07, 6.45) is 3.38. The summed E-state index contributed by atoms with van der Waals surface area (Å²) in [6.45, 7) is 0. The number of carbonyl (C=O) groups excluding carboxylic acids is 1. The Morgan fingerprint density at radius 1 is 0.902 bits per heavy atom. The number of pyridine rings is 1. The molecule has 0 aliphatic heterocycles. The molecule has 0 aliphatic carbocycles. The van der Waals surface area contributed by atoms with E-state index in [1.807, 2.05) is 72.8 Å². The number of fused-ring (bicyclic) bond motifs is 1. The number of phenols is 1. The first-order chi connectivity index (χ1) is 20.1. The van der Waals surface area contributed by atoms with Gasteiger partial charge >= 0.3 is 0 Å². The van der Waals surface area contributed by atoms with Crippen LogP contribution >= 0.6 is 0 Å². The second kappa shape index (κ2) is 11.1. The molecule has 0 atom stereocenters. The van der Waals surface area contributed by atoms with E-state index in [0.29, 0.717) is 33.9 Å². The number of aromatic hydroxyl groups is 1. The summed E-state index contributed by atoms with van der Waals surface area (Å²) in [4.78, 5) is 17.8. The number of para-hydroxylation sites is 1. The number of anilines is 1. The van der Waals surface area contributed by atoms with Crippen LogP contribution in [0.25, 0.3) is 27.7 Å². The van der Waals surface area contributed by atoms with Crippen molar-refractivity contribution in [3.63, 3.8) is 0 Å². The first-order valence-electron chi connectivity index (χ1n) is 12.8. The minimum Gasteiger partial charge on any atom is -0.505 e. The van der Waals surface area contributed by atoms with Gasteiger partial charge in [0.05, 0.1) is 35.8 Å². The fourth-order valence-corrected chi connectivity index (χ4v) is 4.46. The topological polar surface area (TPSA) is 114 Å². The molecule has 2 heterocycles. The van der Waals surface area contributed by atoms with Gasteiger partial charge in [0.25, 0.3) is 5.91 Å². The maximum atomic E-state index is 13.3. The number of phenolic OH excluding ortho intramolecular Hbond substituents is 1. The van der Waals surface area contributed by atoms with Crippen molar-refractivity contribution in [2.24, 2.45) is 10.2 Å². The van der Waals surface area contributed by atoms with Gasteiger partial charge in [-0.25, -0.2) is 4.68 Å². The number of hydrogen-bond donors (Lipinski definition) is 2. The van der Waals surface area contributed by atoms with Crippen LogP contribution in [0.15, 0.2) is 126 Å². The molecule has 4 aromatic carbocycles. The SMILES string of the molecule is COc1ccc(NC(=O)c2cc3ccccc3c(/N=N/c3c(-c4ccccn4)cnn3-c3ccccc3)c2O)cc1. The van der Waals surface area contributed by atoms with Crippen molar-refractivity contribution in [2.75, 3.05) is 12.4 Å². The molecule has 0 saturated heterocycles. The Morgan fingerprint density at radius 2 is 1.66 bits per heavy atom. The zero-order chi connectivity index (χ0) is 28.2. The molecule has 41 heavy (non-hydrogen) atoms. The molecule has 6 rings (SSSR count). The van der Waals surface area contributed by atoms with E-state index in [9.17, 15) is 9.90 Å². The fraction of sp³-hybridized carbons (Fsp3) is 0.0312. The van der Waals surface area contributed by atoms with Crippen LogP contribution in [0.2, 0.25) is 0 Å². The Labute approximate surface area is 235 Å². The van der Waals surface area contributed by atoms with Gasteiger partial charge in [-0.05, 0) is 60.0 Å². The van der Waals surface area contributed by atoms with Gasteiger partial charge in [0.15, 0.2) is 11.6 Å². The molecule has 0 aliphatic rings. The summed E-state index contributed by atoms with van der Waals surface area (Å²) in [7, 11) is 1.57. The van der Waals surface area contributed by atoms with Crippen LogP contribution in [0.1, 0.15) is 10.4 Å². The lowest BCUT2D eigenvalue weighted by molar-refractivity contribution is 0.102. The largest absolute Gasteiger partial charge is 0.505 e. The molecular formula is C32H24N6O3. The van der Waals surface area contributed by atoms with E-state index in [-0.39, 0.29) is 17.0 Å². The quantitative estimate of drug-likeness (QED) is 0.204. The third-order valence-electron chi connectivity index (χ3n) is 6.52. The molecule has 6 aromatic rings. The zero-order valence-electron chi connectivity index (χ0n) is 22.0. The van der Waals surface area contributed by atoms with Crippen LogP contribution in [0.3, 0.4) is 0 Å². The van der Waals surface area contributed by atoms with Crippen LogP contribution in [0.4, 0.5) is 17.2 Å². The summed E-state index contributed by atoms with van der Waals surface area (Å²) in [5, 5.41) is 29.2. The number of ether oxygens (including phenoxy) is 1. The Kier molecular flexibility index (Phi) is 6.90. The number of carbonyl (C=O) groups is 1. The summed E-state index contributed by atoms with van der Waals surface area (Å²) < 4.78 is 6.85. The number of methoxy groups -OCH3 is 1. The summed E-state index contributed by atoms with van der Waals surface area (Å²) >= 11 is 0. The van der Waals surface area contributed by atoms with Crippen LogP contribution in [0, 0.1) is 0 Å². The monoisotopic (exact) mass is 540 g/mol. The minimum absolute atomic E-state index is 0.0648. The molecule has 0 saturated carbocycles. The molecule has 9 heteroatoms. The van der Waals surface area contributed by atoms with E-state index in [0.717, 1.165) is 11.1 Å². The van der Waals surface area contributed by atoms with E-state index in [4.69, 9.17) is 4.74 Å². The Balaban J connectivity index is 1.45. The normalized spacial score (nSPS) is 11.1. The highest BCUT2D eigenvalue weighted by molar-refractivity contribution is 6.11. The number of rotatable bonds is 7. The van der Waals surface area contributed by atoms with Gasteiger partial charge in [-0.2, -0.15) is 5.10 Å². The molecule has 2 aromatic heterocycles. The van der Waals surface area contributed by atoms with Crippen molar-refractivity contribution in [2.45, 2.75) is 0 Å². The fourth-order valence-electron chi connectivity index (χ4n) is 4.46. The molecule has 0 fully saturated rings. The van der Waals surface area contributed by atoms with Crippen molar-refractivity contribution in [3.8, 4) is 28.4 Å². The summed E-state index contributed by atoms with van der Waals surface area (Å²) in [5.41, 5.74) is 2.90. The third-order valence-corrected chi connectivity index (χ3v) is 6.52. The predicted molar refractivity (Wildman–Crippen MR) is 158 cm³/mol. The van der Waals surface area contributed by atoms with E-state index < -0.39 is 5.91 Å². The lowest BCUT2D eigenvalue weighted by Gasteiger charge is -2.12. The number of nitrogens with zero attached hydrogens (tertiary/aromatic N) is 5. The zero-order valence-corrected chi connectivity index (χ0v) is 22.0. The average molecular weight is 541 g/mol. The molecule has 9 nitrogen and oxygen atoms in total. The Bertz CT molecular complexity index is 1810. The molecule has 2 N–H and O–H groups in total. The molecule has 1 amide bonds. The van der Waals surface area contributed by atoms with Crippen LogP contribution in [0.5, 0.6) is 11.5 Å². The van der Waals surface area contributed by atoms with Crippen molar-refractivity contribution in [3.05, 3.63) is 121 Å². The minimum atomic E-state index is -0.488. The van der Waals surface area contributed by atoms with Gasteiger partial charge in [0.2, 0.25) is 0 Å². The number of aromatic nitrogens is 3. The van der Waals surface area contributed by atoms with Crippen molar-refractivity contribution >= 4 is 33.9 Å². The van der Waals surface area contributed by atoms with Crippen molar-refractivity contribution in [1.82, 2.24) is 14.8 Å². The highest BCUT2D eigenvalue weighted by Crippen LogP contribution is 2.41. The van der Waals surface area contributed by atoms with Crippen LogP contribution in [-0.2, 0) is 0 Å². The second-order valence-corrected chi connectivity index (χ2v) is 9.07. The molecular weight excluding hydrogens is 516 g/mol. The third kappa shape index (κ3) is 5.11. The standard InChI is InChI=1S/C32H24N6O3/c1-41-24-16-14-22(15-17-24)35-32(40)26-19-21-9-5-6-12-25(21)29(30(26)39)36-37-31-27(28-13-7-8-18-33-28)20-34-38(31)23-10-3-2-4-11-23/h2-20,39H,1H3,(H,35,40)/b37-36+. The van der Waals surface area contributed by atoms with Gasteiger partial charge < -0.3 is 15.2 Å². The maximum Gasteiger partial charge on any atom is 0.259 e. The molecule has 0 radical (unpaired) electrons. The smallest absolute Gasteiger partial charge is 0.259 e. The second-order valence-electron chi connectivity index (χ2n) is 9.07. The number of azo groups is 1. The number of nitrogens with one attached hydrogen (secondary N) is 1. The van der Waals surface area contributed by atoms with Crippen LogP contribution < -0.4 is 10.1 Å². The van der Waals surface area contributed by atoms with Gasteiger partial charge in [-0.3, -0.25) is 9.78 Å². The van der Waals surface area contributed by atoms with Gasteiger partial charge in [-0.15, -0.1) is 10.2 Å². The van der Waals surface area contributed by atoms with E-state index in [1.54, 1.807) is 54.5 Å². The highest BCUT2D eigenvalue weighted by Gasteiger charge is 2.20. The van der Waals surface area contributed by atoms with E-state index in [2.05, 4.69) is 25.6 Å². The maximum absolute atomic E-state index is 13.3. The number of hydrogen-bond acceptors (Lipinski definition) is 7. The predicted octanol–water partition coefficient (Wildman–Crippen LogP) is 7.47. The van der Waals surface area contributed by atoms with E-state index >= 15 is 0 Å². The first kappa shape index (κ1) is 25.4. The van der Waals surface area contributed by atoms with Crippen LogP contribution in [-0.4, -0.2) is 32.9 Å². The molecule has 0 spiro atoms. The van der Waals surface area contributed by atoms with Gasteiger partial charge in [0.1, 0.15) is 11.4 Å². The lowest BCUT2D eigenvalue weighted by Crippen LogP contribution is -2.12. The molecule has 0 unspecified atom stereocenters. The molecule has 200 valence electrons. The summed E-state index contributed by atoms with van der Waals surface area (Å²) in [5.74, 6) is 0.313.